The summed E-state index contributed by atoms with van der Waals surface area (Å²) in [6.45, 7) is 0. The molecule has 0 aliphatic rings. The molecular formula is C15H12ClNO6S. The molecule has 0 spiro atoms. The third-order valence-corrected chi connectivity index (χ3v) is 3.75. The molecule has 0 saturated heterocycles. The molecule has 126 valence electrons. The van der Waals surface area contributed by atoms with E-state index in [9.17, 15) is 0 Å². The van der Waals surface area contributed by atoms with Gasteiger partial charge in [0.05, 0.1) is 7.11 Å². The van der Waals surface area contributed by atoms with Crippen molar-refractivity contribution >= 4 is 11.3 Å². The second-order valence-electron chi connectivity index (χ2n) is 4.35. The zero-order chi connectivity index (χ0) is 17.6. The summed E-state index contributed by atoms with van der Waals surface area (Å²) in [5, 5.41) is 5.79. The smallest absolute Gasteiger partial charge is 0.497 e. The SMILES string of the molecule is COc1ccc(-c2[o+][n-]c(-c3ccccc3)[s+]2)cc1.[O-][Cl+3]([O-])([O-])[O-]. The van der Waals surface area contributed by atoms with Crippen LogP contribution in [0.15, 0.2) is 59.1 Å². The van der Waals surface area contributed by atoms with E-state index in [1.165, 1.54) is 11.3 Å². The molecule has 1 aromatic heterocycles. The van der Waals surface area contributed by atoms with Gasteiger partial charge in [0.25, 0.3) is 0 Å². The van der Waals surface area contributed by atoms with Crippen LogP contribution in [0.5, 0.6) is 5.75 Å². The van der Waals surface area contributed by atoms with E-state index in [4.69, 9.17) is 27.9 Å². The van der Waals surface area contributed by atoms with Gasteiger partial charge in [-0.05, 0) is 24.3 Å². The average Bonchev–Trinajstić information content (AvgIpc) is 3.04. The van der Waals surface area contributed by atoms with Gasteiger partial charge in [-0.1, -0.05) is 30.3 Å². The number of hydrogen-bond acceptors (Lipinski definition) is 5. The number of methoxy groups -OCH3 is 1. The van der Waals surface area contributed by atoms with E-state index in [1.54, 1.807) is 7.11 Å². The van der Waals surface area contributed by atoms with Gasteiger partial charge in [0.1, 0.15) is 11.3 Å². The quantitative estimate of drug-likeness (QED) is 0.566. The molecule has 0 radical (unpaired) electrons. The molecule has 0 N–H and O–H groups in total. The van der Waals surface area contributed by atoms with Gasteiger partial charge in [0.2, 0.25) is 5.01 Å². The van der Waals surface area contributed by atoms with Gasteiger partial charge in [-0.25, -0.2) is 23.2 Å². The zero-order valence-electron chi connectivity index (χ0n) is 12.4. The van der Waals surface area contributed by atoms with Crippen LogP contribution in [0.4, 0.5) is 0 Å². The molecule has 0 aliphatic carbocycles. The highest BCUT2D eigenvalue weighted by Gasteiger charge is 2.26. The Morgan fingerprint density at radius 2 is 1.50 bits per heavy atom. The van der Waals surface area contributed by atoms with E-state index < -0.39 is 10.2 Å². The van der Waals surface area contributed by atoms with Gasteiger partial charge >= 0.3 is 16.4 Å². The first kappa shape index (κ1) is 18.3. The lowest BCUT2D eigenvalue weighted by Crippen LogP contribution is -2.68. The first-order valence-corrected chi connectivity index (χ1v) is 8.53. The monoisotopic (exact) mass is 369 g/mol. The predicted molar refractivity (Wildman–Crippen MR) is 76.1 cm³/mol. The summed E-state index contributed by atoms with van der Waals surface area (Å²) >= 11 is 1.53. The molecule has 7 nitrogen and oxygen atoms in total. The number of ether oxygens (including phenoxy) is 1. The molecule has 24 heavy (non-hydrogen) atoms. The third kappa shape index (κ3) is 5.85. The van der Waals surface area contributed by atoms with E-state index >= 15 is 0 Å². The Hall–Kier alpha value is -2.07. The summed E-state index contributed by atoms with van der Waals surface area (Å²) < 4.78 is 44.5. The van der Waals surface area contributed by atoms with Gasteiger partial charge in [-0.3, -0.25) is 0 Å². The summed E-state index contributed by atoms with van der Waals surface area (Å²) in [7, 11) is -3.29. The van der Waals surface area contributed by atoms with Crippen molar-refractivity contribution in [1.29, 1.82) is 0 Å². The molecule has 1 heterocycles. The lowest BCUT2D eigenvalue weighted by molar-refractivity contribution is -2.00. The van der Waals surface area contributed by atoms with Crippen molar-refractivity contribution < 1.29 is 38.1 Å². The van der Waals surface area contributed by atoms with Crippen LogP contribution in [0, 0.1) is 10.2 Å². The van der Waals surface area contributed by atoms with Crippen molar-refractivity contribution in [3.05, 3.63) is 54.6 Å². The minimum Gasteiger partial charge on any atom is -0.497 e. The van der Waals surface area contributed by atoms with Gasteiger partial charge in [0, 0.05) is 5.56 Å². The zero-order valence-corrected chi connectivity index (χ0v) is 14.0. The van der Waals surface area contributed by atoms with E-state index in [-0.39, 0.29) is 0 Å². The standard InChI is InChI=1S/C15H12NO2S.ClHO4/c1-17-13-9-7-12(8-10-13)15-18-16-14(19-15)11-5-3-2-4-6-11;2-1(3,4)5/h2-10H,1H3;(H,2,3,4,5)/q+1;/p-1. The highest BCUT2D eigenvalue weighted by Crippen LogP contribution is 2.31. The van der Waals surface area contributed by atoms with E-state index in [0.717, 1.165) is 27.0 Å². The Bertz CT molecular complexity index is 752. The molecule has 0 amide bonds. The number of hydrogen-bond donors (Lipinski definition) is 0. The van der Waals surface area contributed by atoms with Crippen molar-refractivity contribution in [3.63, 3.8) is 0 Å². The number of rotatable bonds is 3. The molecule has 0 saturated carbocycles. The van der Waals surface area contributed by atoms with Gasteiger partial charge < -0.3 is 4.74 Å². The van der Waals surface area contributed by atoms with Gasteiger partial charge in [0.15, 0.2) is 0 Å². The third-order valence-electron chi connectivity index (χ3n) is 2.75. The molecule has 0 fully saturated rings. The van der Waals surface area contributed by atoms with Crippen LogP contribution in [-0.4, -0.2) is 7.11 Å². The van der Waals surface area contributed by atoms with Crippen molar-refractivity contribution in [2.45, 2.75) is 0 Å². The molecule has 0 aliphatic heterocycles. The van der Waals surface area contributed by atoms with E-state index in [0.29, 0.717) is 0 Å². The molecule has 3 rings (SSSR count). The van der Waals surface area contributed by atoms with Crippen LogP contribution in [0.3, 0.4) is 0 Å². The fourth-order valence-corrected chi connectivity index (χ4v) is 2.57. The fraction of sp³-hybridized carbons (Fsp3) is 0.0667. The topological polar surface area (TPSA) is 127 Å². The largest absolute Gasteiger partial charge is 0.605 e. The average molecular weight is 370 g/mol. The molecule has 0 bridgehead atoms. The van der Waals surface area contributed by atoms with Crippen molar-refractivity contribution in [3.8, 4) is 27.0 Å². The molecule has 0 unspecified atom stereocenters. The van der Waals surface area contributed by atoms with Gasteiger partial charge in [-0.15, -0.1) is 10.2 Å². The number of aromatic nitrogens is 1. The lowest BCUT2D eigenvalue weighted by Gasteiger charge is -2.17. The summed E-state index contributed by atoms with van der Waals surface area (Å²) in [6.07, 6.45) is 0. The minimum absolute atomic E-state index is 0.793. The maximum atomic E-state index is 8.49. The predicted octanol–water partition coefficient (Wildman–Crippen LogP) is -0.553. The summed E-state index contributed by atoms with van der Waals surface area (Å²) in [4.78, 5) is 0. The second-order valence-corrected chi connectivity index (χ2v) is 6.07. The number of nitrogens with zero attached hydrogens (tertiary/aromatic N) is 1. The van der Waals surface area contributed by atoms with Gasteiger partial charge in [-0.2, -0.15) is 5.16 Å². The normalized spacial score (nSPS) is 10.7. The van der Waals surface area contributed by atoms with Crippen molar-refractivity contribution in [1.82, 2.24) is 5.16 Å². The Morgan fingerprint density at radius 1 is 0.917 bits per heavy atom. The number of benzene rings is 2. The highest BCUT2D eigenvalue weighted by atomic mass is 35.7. The van der Waals surface area contributed by atoms with Crippen LogP contribution in [0.1, 0.15) is 0 Å². The molecule has 3 aromatic rings. The van der Waals surface area contributed by atoms with Crippen LogP contribution < -0.4 is 28.5 Å². The van der Waals surface area contributed by atoms with Crippen LogP contribution in [0.2, 0.25) is 0 Å². The van der Waals surface area contributed by atoms with Crippen LogP contribution in [0.25, 0.3) is 21.2 Å². The Morgan fingerprint density at radius 3 is 2.04 bits per heavy atom. The Balaban J connectivity index is 0.000000368. The van der Waals surface area contributed by atoms with Crippen molar-refractivity contribution in [2.24, 2.45) is 0 Å². The first-order valence-electron chi connectivity index (χ1n) is 6.48. The first-order chi connectivity index (χ1) is 11.4. The number of halogens is 1. The molecular weight excluding hydrogens is 358 g/mol. The molecule has 2 aromatic carbocycles. The lowest BCUT2D eigenvalue weighted by atomic mass is 10.2. The Labute approximate surface area is 143 Å². The van der Waals surface area contributed by atoms with Crippen LogP contribution >= 0.6 is 11.3 Å². The maximum Gasteiger partial charge on any atom is 0.605 e. The molecule has 0 atom stereocenters. The summed E-state index contributed by atoms with van der Waals surface area (Å²) in [6, 6.07) is 17.7. The summed E-state index contributed by atoms with van der Waals surface area (Å²) in [5.74, 6) is 0.830. The highest BCUT2D eigenvalue weighted by molar-refractivity contribution is 7.17. The Kier molecular flexibility index (Phi) is 6.21. The second kappa shape index (κ2) is 8.15. The molecule has 9 heteroatoms. The van der Waals surface area contributed by atoms with Crippen LogP contribution in [-0.2, 0) is 0 Å². The maximum absolute atomic E-state index is 8.49. The van der Waals surface area contributed by atoms with E-state index in [2.05, 4.69) is 5.16 Å². The van der Waals surface area contributed by atoms with E-state index in [1.807, 2.05) is 54.6 Å². The van der Waals surface area contributed by atoms with Crippen molar-refractivity contribution in [2.75, 3.05) is 7.11 Å². The minimum atomic E-state index is -4.94. The fourth-order valence-electron chi connectivity index (χ4n) is 1.74. The summed E-state index contributed by atoms with van der Waals surface area (Å²) in [5.41, 5.74) is 2.07.